The molecule has 19 heavy (non-hydrogen) atoms. The third kappa shape index (κ3) is 3.11. The molecule has 104 valence electrons. The van der Waals surface area contributed by atoms with Gasteiger partial charge in [0.25, 0.3) is 0 Å². The van der Waals surface area contributed by atoms with E-state index in [9.17, 15) is 5.11 Å². The summed E-state index contributed by atoms with van der Waals surface area (Å²) < 4.78 is 0. The quantitative estimate of drug-likeness (QED) is 0.602. The SMILES string of the molecule is CCCNc1nc(NC(CC)CO)c2cn[nH]c2n1. The number of hydrogen-bond donors (Lipinski definition) is 4. The minimum atomic E-state index is -0.0213. The van der Waals surface area contributed by atoms with Crippen LogP contribution in [-0.2, 0) is 0 Å². The Morgan fingerprint density at radius 3 is 2.89 bits per heavy atom. The van der Waals surface area contributed by atoms with E-state index in [1.54, 1.807) is 6.20 Å². The molecule has 4 N–H and O–H groups in total. The number of aliphatic hydroxyl groups is 1. The fourth-order valence-electron chi connectivity index (χ4n) is 1.73. The summed E-state index contributed by atoms with van der Waals surface area (Å²) in [6.45, 7) is 4.98. The van der Waals surface area contributed by atoms with Crippen molar-refractivity contribution in [3.63, 3.8) is 0 Å². The molecular weight excluding hydrogens is 244 g/mol. The van der Waals surface area contributed by atoms with Gasteiger partial charge in [-0.15, -0.1) is 0 Å². The zero-order chi connectivity index (χ0) is 13.7. The van der Waals surface area contributed by atoms with Crippen molar-refractivity contribution in [2.75, 3.05) is 23.8 Å². The topological polar surface area (TPSA) is 98.8 Å². The van der Waals surface area contributed by atoms with Crippen molar-refractivity contribution in [2.45, 2.75) is 32.7 Å². The molecule has 2 rings (SSSR count). The molecular formula is C12H20N6O. The first-order valence-electron chi connectivity index (χ1n) is 6.60. The van der Waals surface area contributed by atoms with Crippen LogP contribution in [0.3, 0.4) is 0 Å². The molecule has 0 amide bonds. The summed E-state index contributed by atoms with van der Waals surface area (Å²) in [5.74, 6) is 1.26. The lowest BCUT2D eigenvalue weighted by molar-refractivity contribution is 0.271. The molecule has 0 radical (unpaired) electrons. The van der Waals surface area contributed by atoms with Crippen LogP contribution in [0, 0.1) is 0 Å². The highest BCUT2D eigenvalue weighted by molar-refractivity contribution is 5.87. The fraction of sp³-hybridized carbons (Fsp3) is 0.583. The summed E-state index contributed by atoms with van der Waals surface area (Å²) in [6, 6.07) is -0.0213. The highest BCUT2D eigenvalue weighted by Gasteiger charge is 2.12. The first-order valence-corrected chi connectivity index (χ1v) is 6.60. The number of rotatable bonds is 7. The van der Waals surface area contributed by atoms with Gasteiger partial charge in [-0.25, -0.2) is 0 Å². The molecule has 0 saturated carbocycles. The van der Waals surface area contributed by atoms with Gasteiger partial charge in [0.15, 0.2) is 5.65 Å². The summed E-state index contributed by atoms with van der Waals surface area (Å²) in [5, 5.41) is 23.3. The zero-order valence-electron chi connectivity index (χ0n) is 11.3. The van der Waals surface area contributed by atoms with Crippen molar-refractivity contribution in [3.05, 3.63) is 6.20 Å². The molecule has 1 unspecified atom stereocenters. The summed E-state index contributed by atoms with van der Waals surface area (Å²) in [6.07, 6.45) is 3.50. The summed E-state index contributed by atoms with van der Waals surface area (Å²) in [5.41, 5.74) is 0.684. The van der Waals surface area contributed by atoms with Crippen molar-refractivity contribution in [2.24, 2.45) is 0 Å². The van der Waals surface area contributed by atoms with Crippen LogP contribution in [0.2, 0.25) is 0 Å². The monoisotopic (exact) mass is 264 g/mol. The van der Waals surface area contributed by atoms with Gasteiger partial charge in [-0.3, -0.25) is 5.10 Å². The van der Waals surface area contributed by atoms with Crippen LogP contribution in [0.1, 0.15) is 26.7 Å². The highest BCUT2D eigenvalue weighted by atomic mass is 16.3. The van der Waals surface area contributed by atoms with Crippen molar-refractivity contribution >= 4 is 22.8 Å². The van der Waals surface area contributed by atoms with Gasteiger partial charge < -0.3 is 15.7 Å². The Kier molecular flexibility index (Phi) is 4.51. The molecule has 0 aliphatic carbocycles. The number of fused-ring (bicyclic) bond motifs is 1. The van der Waals surface area contributed by atoms with E-state index in [2.05, 4.69) is 37.7 Å². The molecule has 0 aliphatic heterocycles. The normalized spacial score (nSPS) is 12.6. The number of H-pyrrole nitrogens is 1. The number of aliphatic hydroxyl groups excluding tert-OH is 1. The van der Waals surface area contributed by atoms with Gasteiger partial charge >= 0.3 is 0 Å². The average Bonchev–Trinajstić information content (AvgIpc) is 2.90. The Balaban J connectivity index is 2.30. The summed E-state index contributed by atoms with van der Waals surface area (Å²) in [4.78, 5) is 8.79. The van der Waals surface area contributed by atoms with E-state index in [4.69, 9.17) is 0 Å². The Bertz CT molecular complexity index is 522. The Morgan fingerprint density at radius 2 is 2.21 bits per heavy atom. The lowest BCUT2D eigenvalue weighted by Crippen LogP contribution is -2.23. The van der Waals surface area contributed by atoms with Crippen LogP contribution in [0.25, 0.3) is 11.0 Å². The molecule has 0 aliphatic rings. The van der Waals surface area contributed by atoms with Crippen LogP contribution in [0.15, 0.2) is 6.20 Å². The number of anilines is 2. The third-order valence-corrected chi connectivity index (χ3v) is 2.90. The van der Waals surface area contributed by atoms with Gasteiger partial charge in [-0.2, -0.15) is 15.1 Å². The van der Waals surface area contributed by atoms with E-state index in [0.29, 0.717) is 17.4 Å². The minimum Gasteiger partial charge on any atom is -0.394 e. The van der Waals surface area contributed by atoms with Crippen molar-refractivity contribution in [1.29, 1.82) is 0 Å². The van der Waals surface area contributed by atoms with Crippen molar-refractivity contribution in [3.8, 4) is 0 Å². The largest absolute Gasteiger partial charge is 0.394 e. The second kappa shape index (κ2) is 6.33. The van der Waals surface area contributed by atoms with E-state index >= 15 is 0 Å². The predicted molar refractivity (Wildman–Crippen MR) is 75.3 cm³/mol. The lowest BCUT2D eigenvalue weighted by Gasteiger charge is -2.15. The molecule has 0 saturated heterocycles. The van der Waals surface area contributed by atoms with Crippen LogP contribution in [-0.4, -0.2) is 44.5 Å². The van der Waals surface area contributed by atoms with Crippen molar-refractivity contribution in [1.82, 2.24) is 20.2 Å². The second-order valence-electron chi connectivity index (χ2n) is 4.39. The van der Waals surface area contributed by atoms with E-state index in [1.165, 1.54) is 0 Å². The third-order valence-electron chi connectivity index (χ3n) is 2.90. The van der Waals surface area contributed by atoms with Crippen LogP contribution in [0.5, 0.6) is 0 Å². The molecule has 2 aromatic heterocycles. The first kappa shape index (κ1) is 13.5. The number of aromatic nitrogens is 4. The van der Waals surface area contributed by atoms with Crippen LogP contribution >= 0.6 is 0 Å². The lowest BCUT2D eigenvalue weighted by atomic mass is 10.2. The maximum Gasteiger partial charge on any atom is 0.226 e. The second-order valence-corrected chi connectivity index (χ2v) is 4.39. The number of aromatic amines is 1. The van der Waals surface area contributed by atoms with E-state index < -0.39 is 0 Å². The molecule has 1 atom stereocenters. The van der Waals surface area contributed by atoms with Gasteiger partial charge in [0.2, 0.25) is 5.95 Å². The van der Waals surface area contributed by atoms with Gasteiger partial charge in [-0.1, -0.05) is 13.8 Å². The van der Waals surface area contributed by atoms with Gasteiger partial charge in [-0.05, 0) is 12.8 Å². The molecule has 0 fully saturated rings. The summed E-state index contributed by atoms with van der Waals surface area (Å²) in [7, 11) is 0. The van der Waals surface area contributed by atoms with Crippen LogP contribution in [0.4, 0.5) is 11.8 Å². The Hall–Kier alpha value is -1.89. The molecule has 2 aromatic rings. The molecule has 0 bridgehead atoms. The zero-order valence-corrected chi connectivity index (χ0v) is 11.3. The number of hydrogen-bond acceptors (Lipinski definition) is 6. The standard InChI is InChI=1S/C12H20N6O/c1-3-5-13-12-16-10(15-8(4-2)7-19)9-6-14-18-11(9)17-12/h6,8,19H,3-5,7H2,1-2H3,(H3,13,14,15,16,17,18). The average molecular weight is 264 g/mol. The van der Waals surface area contributed by atoms with Gasteiger partial charge in [0, 0.05) is 6.54 Å². The molecule has 0 spiro atoms. The maximum absolute atomic E-state index is 9.28. The maximum atomic E-state index is 9.28. The molecule has 7 heteroatoms. The highest BCUT2D eigenvalue weighted by Crippen LogP contribution is 2.21. The smallest absolute Gasteiger partial charge is 0.226 e. The van der Waals surface area contributed by atoms with Crippen molar-refractivity contribution < 1.29 is 5.11 Å². The van der Waals surface area contributed by atoms with Gasteiger partial charge in [0.05, 0.1) is 24.2 Å². The Labute approximate surface area is 111 Å². The molecule has 0 aromatic carbocycles. The summed E-state index contributed by atoms with van der Waals surface area (Å²) >= 11 is 0. The molecule has 2 heterocycles. The van der Waals surface area contributed by atoms with E-state index in [0.717, 1.165) is 24.8 Å². The van der Waals surface area contributed by atoms with E-state index in [-0.39, 0.29) is 12.6 Å². The first-order chi connectivity index (χ1) is 9.28. The number of nitrogens with zero attached hydrogens (tertiary/aromatic N) is 3. The predicted octanol–water partition coefficient (Wildman–Crippen LogP) is 1.36. The Morgan fingerprint density at radius 1 is 1.37 bits per heavy atom. The minimum absolute atomic E-state index is 0.0213. The van der Waals surface area contributed by atoms with Gasteiger partial charge in [0.1, 0.15) is 5.82 Å². The number of nitrogens with one attached hydrogen (secondary N) is 3. The van der Waals surface area contributed by atoms with Crippen LogP contribution < -0.4 is 10.6 Å². The fourth-order valence-corrected chi connectivity index (χ4v) is 1.73. The van der Waals surface area contributed by atoms with E-state index in [1.807, 2.05) is 6.92 Å². The molecule has 7 nitrogen and oxygen atoms in total.